The van der Waals surface area contributed by atoms with Gasteiger partial charge >= 0.3 is 0 Å². The van der Waals surface area contributed by atoms with E-state index in [0.29, 0.717) is 0 Å². The van der Waals surface area contributed by atoms with E-state index in [-0.39, 0.29) is 0 Å². The van der Waals surface area contributed by atoms with E-state index in [2.05, 4.69) is 83.2 Å². The first-order valence-electron chi connectivity index (χ1n) is 11.2. The third-order valence-electron chi connectivity index (χ3n) is 5.76. The van der Waals surface area contributed by atoms with Gasteiger partial charge in [-0.2, -0.15) is 0 Å². The van der Waals surface area contributed by atoms with Crippen molar-refractivity contribution in [2.45, 2.75) is 25.7 Å². The van der Waals surface area contributed by atoms with Crippen molar-refractivity contribution in [3.63, 3.8) is 0 Å². The lowest BCUT2D eigenvalue weighted by Crippen LogP contribution is -2.06. The molecule has 1 aromatic rings. The number of fused-ring (bicyclic) bond motifs is 2. The van der Waals surface area contributed by atoms with Gasteiger partial charge in [-0.3, -0.25) is 9.98 Å². The van der Waals surface area contributed by atoms with Crippen LogP contribution < -0.4 is 10.4 Å². The number of nitrogens with zero attached hydrogens (tertiary/aromatic N) is 2. The van der Waals surface area contributed by atoms with Gasteiger partial charge in [0.25, 0.3) is 0 Å². The van der Waals surface area contributed by atoms with E-state index in [1.54, 1.807) is 12.4 Å². The molecular formula is C31H32N2S. The van der Waals surface area contributed by atoms with Gasteiger partial charge in [0.05, 0.1) is 0 Å². The van der Waals surface area contributed by atoms with Gasteiger partial charge in [-0.05, 0) is 48.9 Å². The van der Waals surface area contributed by atoms with Gasteiger partial charge in [0.15, 0.2) is 0 Å². The van der Waals surface area contributed by atoms with E-state index in [9.17, 15) is 0 Å². The maximum atomic E-state index is 4.79. The Bertz CT molecular complexity index is 1410. The minimum Gasteiger partial charge on any atom is -0.258 e. The molecule has 2 aliphatic rings. The molecule has 3 heteroatoms. The maximum absolute atomic E-state index is 4.79. The molecule has 0 fully saturated rings. The van der Waals surface area contributed by atoms with E-state index in [1.807, 2.05) is 37.3 Å². The van der Waals surface area contributed by atoms with Crippen molar-refractivity contribution in [3.8, 4) is 0 Å². The van der Waals surface area contributed by atoms with Crippen LogP contribution in [-0.2, 0) is 0 Å². The first kappa shape index (κ1) is 24.9. The maximum Gasteiger partial charge on any atom is 0.102 e. The Morgan fingerprint density at radius 2 is 1.62 bits per heavy atom. The fraction of sp³-hybridized carbons (Fsp3) is 0.0968. The molecule has 2 heterocycles. The Morgan fingerprint density at radius 3 is 2.21 bits per heavy atom. The van der Waals surface area contributed by atoms with E-state index in [0.717, 1.165) is 42.8 Å². The largest absolute Gasteiger partial charge is 0.258 e. The lowest BCUT2D eigenvalue weighted by Gasteiger charge is -2.37. The van der Waals surface area contributed by atoms with Crippen LogP contribution >= 0.6 is 10.0 Å². The van der Waals surface area contributed by atoms with Crippen molar-refractivity contribution in [1.82, 2.24) is 0 Å². The molecule has 2 aliphatic heterocycles. The third kappa shape index (κ3) is 3.72. The van der Waals surface area contributed by atoms with Gasteiger partial charge < -0.3 is 0 Å². The van der Waals surface area contributed by atoms with Crippen LogP contribution in [0.3, 0.4) is 0 Å². The molecule has 0 bridgehead atoms. The van der Waals surface area contributed by atoms with Crippen molar-refractivity contribution < 1.29 is 0 Å². The first-order chi connectivity index (χ1) is 16.5. The first-order valence-corrected chi connectivity index (χ1v) is 12.8. The second-order valence-corrected chi connectivity index (χ2v) is 10.6. The second kappa shape index (κ2) is 10.5. The zero-order valence-corrected chi connectivity index (χ0v) is 21.2. The molecule has 0 aromatic heterocycles. The Kier molecular flexibility index (Phi) is 7.70. The summed E-state index contributed by atoms with van der Waals surface area (Å²) in [6.45, 7) is 26.9. The van der Waals surface area contributed by atoms with Crippen LogP contribution in [0.1, 0.15) is 26.3 Å². The number of hydrogen-bond acceptors (Lipinski definition) is 2. The second-order valence-electron chi connectivity index (χ2n) is 7.59. The van der Waals surface area contributed by atoms with Crippen LogP contribution in [0, 0.1) is 0 Å². The zero-order chi connectivity index (χ0) is 24.9. The topological polar surface area (TPSA) is 24.7 Å². The van der Waals surface area contributed by atoms with Crippen LogP contribution in [0.15, 0.2) is 128 Å². The minimum atomic E-state index is -1.95. The Balaban J connectivity index is 2.79. The molecule has 34 heavy (non-hydrogen) atoms. The number of allylic oxidation sites excluding steroid dienone is 7. The molecule has 0 radical (unpaired) electrons. The summed E-state index contributed by atoms with van der Waals surface area (Å²) in [5.74, 6) is 0. The SMILES string of the molecule is C=CC=C1/C(=C\C)c2c(ccc(=C)ccccc2=C)S12C(C=C)=C(N=CC)C(=NC=C)/C2=C\C. The van der Waals surface area contributed by atoms with Crippen LogP contribution in [0.2, 0.25) is 0 Å². The van der Waals surface area contributed by atoms with Crippen molar-refractivity contribution in [2.75, 3.05) is 0 Å². The Hall–Kier alpha value is -3.69. The van der Waals surface area contributed by atoms with E-state index in [1.165, 1.54) is 9.80 Å². The molecule has 0 amide bonds. The monoisotopic (exact) mass is 464 g/mol. The molecule has 0 saturated heterocycles. The Labute approximate surface area is 205 Å². The number of hydrogen-bond donors (Lipinski definition) is 0. The van der Waals surface area contributed by atoms with Gasteiger partial charge in [-0.1, -0.05) is 87.5 Å². The van der Waals surface area contributed by atoms with Crippen LogP contribution in [0.25, 0.3) is 18.7 Å². The quantitative estimate of drug-likeness (QED) is 0.419. The molecule has 0 saturated carbocycles. The predicted molar refractivity (Wildman–Crippen MR) is 155 cm³/mol. The number of aliphatic imine (C=N–C) groups is 2. The summed E-state index contributed by atoms with van der Waals surface area (Å²) < 4.78 is 0. The summed E-state index contributed by atoms with van der Waals surface area (Å²) >= 11 is 0. The van der Waals surface area contributed by atoms with E-state index >= 15 is 0 Å². The highest BCUT2D eigenvalue weighted by Crippen LogP contribution is 2.83. The summed E-state index contributed by atoms with van der Waals surface area (Å²) in [6, 6.07) is 12.3. The van der Waals surface area contributed by atoms with Gasteiger partial charge in [-0.15, -0.1) is 10.0 Å². The summed E-state index contributed by atoms with van der Waals surface area (Å²) in [5.41, 5.74) is 3.90. The molecule has 0 aliphatic carbocycles. The zero-order valence-electron chi connectivity index (χ0n) is 20.3. The van der Waals surface area contributed by atoms with Gasteiger partial charge in [0, 0.05) is 37.6 Å². The molecule has 2 nitrogen and oxygen atoms in total. The third-order valence-corrected chi connectivity index (χ3v) is 9.89. The highest BCUT2D eigenvalue weighted by molar-refractivity contribution is 8.44. The fourth-order valence-electron chi connectivity index (χ4n) is 4.59. The van der Waals surface area contributed by atoms with Crippen LogP contribution in [0.5, 0.6) is 0 Å². The van der Waals surface area contributed by atoms with Crippen molar-refractivity contribution in [1.29, 1.82) is 0 Å². The average molecular weight is 465 g/mol. The predicted octanol–water partition coefficient (Wildman–Crippen LogP) is 7.27. The molecule has 1 aromatic carbocycles. The average Bonchev–Trinajstić information content (AvgIpc) is 3.25. The Morgan fingerprint density at radius 1 is 0.882 bits per heavy atom. The highest BCUT2D eigenvalue weighted by atomic mass is 32.3. The highest BCUT2D eigenvalue weighted by Gasteiger charge is 2.52. The standard InChI is InChI=1S/C31H32N2S/c1-9-17-27-24(10-2)29-23(8)19-16-15-18-22(7)20-21-28(29)34(27)25(11-3)30(32-13-5)31(33-14-6)26(34)12-4/h9-21H,1,3,6-8H2,2,4-5H3/b18-15?,19-16?,21-20?,24-10+,26-12+,27-17?,32-13?,33-31?. The molecule has 3 rings (SSSR count). The number of rotatable bonds is 4. The molecule has 1 atom stereocenters. The molecule has 1 unspecified atom stereocenters. The molecule has 0 N–H and O–H groups in total. The lowest BCUT2D eigenvalue weighted by molar-refractivity contribution is 1.39. The lowest BCUT2D eigenvalue weighted by atomic mass is 10.0. The summed E-state index contributed by atoms with van der Waals surface area (Å²) in [7, 11) is -1.95. The molecule has 172 valence electrons. The summed E-state index contributed by atoms with van der Waals surface area (Å²) in [6.07, 6.45) is 13.6. The van der Waals surface area contributed by atoms with Gasteiger partial charge in [0.2, 0.25) is 0 Å². The fourth-order valence-corrected chi connectivity index (χ4v) is 9.16. The van der Waals surface area contributed by atoms with E-state index in [4.69, 9.17) is 9.98 Å². The molecule has 1 spiro atoms. The van der Waals surface area contributed by atoms with Gasteiger partial charge in [0.1, 0.15) is 11.4 Å². The smallest absolute Gasteiger partial charge is 0.102 e. The normalized spacial score (nSPS) is 25.7. The minimum absolute atomic E-state index is 0.824. The summed E-state index contributed by atoms with van der Waals surface area (Å²) in [5, 5.41) is 1.86. The van der Waals surface area contributed by atoms with Crippen molar-refractivity contribution in [2.24, 2.45) is 9.98 Å². The van der Waals surface area contributed by atoms with Crippen LogP contribution in [-0.4, -0.2) is 11.9 Å². The molecular weight excluding hydrogens is 432 g/mol. The van der Waals surface area contributed by atoms with Crippen molar-refractivity contribution in [3.05, 3.63) is 129 Å². The van der Waals surface area contributed by atoms with E-state index < -0.39 is 10.0 Å². The van der Waals surface area contributed by atoms with Crippen molar-refractivity contribution >= 4 is 40.7 Å². The van der Waals surface area contributed by atoms with Crippen LogP contribution in [0.4, 0.5) is 0 Å². The van der Waals surface area contributed by atoms with Gasteiger partial charge in [-0.25, -0.2) is 0 Å². The summed E-state index contributed by atoms with van der Waals surface area (Å²) in [4.78, 5) is 14.0.